The number of hydrogen-bond acceptors (Lipinski definition) is 11. The van der Waals surface area contributed by atoms with Gasteiger partial charge < -0.3 is 55.3 Å². The summed E-state index contributed by atoms with van der Waals surface area (Å²) in [5.41, 5.74) is 0. The van der Waals surface area contributed by atoms with E-state index >= 15 is 0 Å². The van der Waals surface area contributed by atoms with E-state index in [1.54, 1.807) is 0 Å². The van der Waals surface area contributed by atoms with E-state index in [2.05, 4.69) is 5.32 Å². The summed E-state index contributed by atoms with van der Waals surface area (Å²) in [6.45, 7) is 0.388. The summed E-state index contributed by atoms with van der Waals surface area (Å²) in [4.78, 5) is 22.5. The van der Waals surface area contributed by atoms with Crippen LogP contribution in [0.5, 0.6) is 0 Å². The Kier molecular flexibility index (Phi) is 7.07. The van der Waals surface area contributed by atoms with Gasteiger partial charge in [-0.25, -0.2) is 4.79 Å². The van der Waals surface area contributed by atoms with Crippen LogP contribution in [0.4, 0.5) is 0 Å². The summed E-state index contributed by atoms with van der Waals surface area (Å²) in [5, 5.41) is 70.4. The Balaban J connectivity index is 2.25. The molecule has 0 bridgehead atoms. The lowest BCUT2D eigenvalue weighted by Crippen LogP contribution is -2.67. The van der Waals surface area contributed by atoms with Gasteiger partial charge in [0.25, 0.3) is 0 Å². The lowest BCUT2D eigenvalue weighted by molar-refractivity contribution is -0.336. The lowest BCUT2D eigenvalue weighted by atomic mass is 9.95. The quantitative estimate of drug-likeness (QED) is 0.218. The summed E-state index contributed by atoms with van der Waals surface area (Å²) >= 11 is 0. The fourth-order valence-electron chi connectivity index (χ4n) is 2.95. The molecule has 2 fully saturated rings. The summed E-state index contributed by atoms with van der Waals surface area (Å²) < 4.78 is 15.3. The minimum atomic E-state index is -1.95. The van der Waals surface area contributed by atoms with Gasteiger partial charge in [0.05, 0.1) is 6.61 Å². The molecule has 13 heteroatoms. The molecule has 2 rings (SSSR count). The van der Waals surface area contributed by atoms with Gasteiger partial charge in [0.2, 0.25) is 5.91 Å². The van der Waals surface area contributed by atoms with Crippen molar-refractivity contribution < 1.29 is 59.5 Å². The van der Waals surface area contributed by atoms with Gasteiger partial charge in [-0.15, -0.1) is 0 Å². The van der Waals surface area contributed by atoms with Crippen LogP contribution in [0.1, 0.15) is 6.92 Å². The van der Waals surface area contributed by atoms with Gasteiger partial charge in [0.15, 0.2) is 18.7 Å². The highest BCUT2D eigenvalue weighted by Gasteiger charge is 2.52. The molecule has 13 nitrogen and oxygen atoms in total. The van der Waals surface area contributed by atoms with Crippen molar-refractivity contribution >= 4 is 11.9 Å². The van der Waals surface area contributed by atoms with Gasteiger partial charge in [-0.05, 0) is 0 Å². The number of aliphatic hydroxyl groups excluding tert-OH is 6. The van der Waals surface area contributed by atoms with Crippen molar-refractivity contribution in [1.29, 1.82) is 0 Å². The molecule has 0 spiro atoms. The largest absolute Gasteiger partial charge is 0.479 e. The van der Waals surface area contributed by atoms with Gasteiger partial charge in [0.1, 0.15) is 42.7 Å². The normalized spacial score (nSPS) is 45.3. The van der Waals surface area contributed by atoms with Gasteiger partial charge in [-0.1, -0.05) is 0 Å². The Morgan fingerprint density at radius 2 is 1.63 bits per heavy atom. The number of carboxylic acid groups (broad SMARTS) is 1. The minimum absolute atomic E-state index is 0.630. The molecule has 156 valence electrons. The number of carbonyl (C=O) groups excluding carboxylic acids is 1. The van der Waals surface area contributed by atoms with E-state index < -0.39 is 79.8 Å². The third-order valence-electron chi connectivity index (χ3n) is 4.35. The van der Waals surface area contributed by atoms with Gasteiger partial charge >= 0.3 is 5.97 Å². The van der Waals surface area contributed by atoms with Crippen LogP contribution in [0.2, 0.25) is 0 Å². The summed E-state index contributed by atoms with van der Waals surface area (Å²) in [7, 11) is 0. The average Bonchev–Trinajstić information content (AvgIpc) is 2.60. The van der Waals surface area contributed by atoms with Crippen molar-refractivity contribution in [3.8, 4) is 0 Å². The smallest absolute Gasteiger partial charge is 0.335 e. The van der Waals surface area contributed by atoms with E-state index in [9.17, 15) is 40.2 Å². The first-order chi connectivity index (χ1) is 12.6. The highest BCUT2D eigenvalue weighted by atomic mass is 16.7. The molecule has 1 unspecified atom stereocenters. The molecular weight excluding hydrogens is 374 g/mol. The van der Waals surface area contributed by atoms with Crippen molar-refractivity contribution in [2.45, 2.75) is 68.3 Å². The number of aliphatic carboxylic acids is 1. The molecule has 2 aliphatic heterocycles. The summed E-state index contributed by atoms with van der Waals surface area (Å²) in [6, 6.07) is -1.37. The molecule has 0 aromatic rings. The lowest BCUT2D eigenvalue weighted by Gasteiger charge is -2.46. The van der Waals surface area contributed by atoms with Crippen molar-refractivity contribution in [3.05, 3.63) is 0 Å². The number of amides is 1. The zero-order valence-corrected chi connectivity index (χ0v) is 14.2. The summed E-state index contributed by atoms with van der Waals surface area (Å²) in [6.07, 6.45) is -15.8. The Labute approximate surface area is 152 Å². The van der Waals surface area contributed by atoms with Gasteiger partial charge in [-0.3, -0.25) is 4.79 Å². The van der Waals surface area contributed by atoms with Crippen molar-refractivity contribution in [3.63, 3.8) is 0 Å². The van der Waals surface area contributed by atoms with Crippen LogP contribution >= 0.6 is 0 Å². The van der Waals surface area contributed by atoms with Crippen molar-refractivity contribution in [1.82, 2.24) is 5.32 Å². The maximum atomic E-state index is 11.4. The molecule has 0 aliphatic carbocycles. The zero-order chi connectivity index (χ0) is 20.5. The Hall–Kier alpha value is -1.42. The standard InChI is InChI=1S/C14H23NO12/c1-3(17)15-5-10(6(18)4(2-16)25-13(5)24)26-14-9(21)7(19)8(20)11(27-14)12(22)23/h4-11,13-14,16,18-21,24H,2H2,1H3,(H,15,17)(H,22,23)/t4-,5-,6+,7+,8+,9-,10-,11-,13?,14-/m1/s1. The maximum absolute atomic E-state index is 11.4. The first-order valence-electron chi connectivity index (χ1n) is 8.06. The van der Waals surface area contributed by atoms with Crippen LogP contribution in [-0.4, -0.2) is 116 Å². The van der Waals surface area contributed by atoms with E-state index in [0.717, 1.165) is 6.92 Å². The monoisotopic (exact) mass is 397 g/mol. The van der Waals surface area contributed by atoms with E-state index in [-0.39, 0.29) is 0 Å². The molecule has 2 saturated heterocycles. The molecular formula is C14H23NO12. The van der Waals surface area contributed by atoms with E-state index in [1.165, 1.54) is 0 Å². The Bertz CT molecular complexity index is 546. The average molecular weight is 397 g/mol. The van der Waals surface area contributed by atoms with Gasteiger partial charge in [-0.2, -0.15) is 0 Å². The van der Waals surface area contributed by atoms with Crippen LogP contribution in [0, 0.1) is 0 Å². The predicted molar refractivity (Wildman–Crippen MR) is 80.8 cm³/mol. The Morgan fingerprint density at radius 3 is 2.15 bits per heavy atom. The molecule has 2 heterocycles. The van der Waals surface area contributed by atoms with Gasteiger partial charge in [0, 0.05) is 6.92 Å². The van der Waals surface area contributed by atoms with Crippen LogP contribution in [0.3, 0.4) is 0 Å². The number of rotatable bonds is 5. The Morgan fingerprint density at radius 1 is 1.00 bits per heavy atom. The fourth-order valence-corrected chi connectivity index (χ4v) is 2.95. The first kappa shape index (κ1) is 21.9. The molecule has 2 aliphatic rings. The molecule has 0 saturated carbocycles. The predicted octanol–water partition coefficient (Wildman–Crippen LogP) is -5.16. The van der Waals surface area contributed by atoms with E-state index in [0.29, 0.717) is 0 Å². The van der Waals surface area contributed by atoms with Crippen LogP contribution in [-0.2, 0) is 23.8 Å². The number of nitrogens with one attached hydrogen (secondary N) is 1. The molecule has 8 N–H and O–H groups in total. The number of ether oxygens (including phenoxy) is 3. The highest BCUT2D eigenvalue weighted by Crippen LogP contribution is 2.28. The van der Waals surface area contributed by atoms with E-state index in [4.69, 9.17) is 19.3 Å². The molecule has 0 aromatic heterocycles. The second kappa shape index (κ2) is 8.72. The van der Waals surface area contributed by atoms with Crippen LogP contribution in [0.15, 0.2) is 0 Å². The number of carboxylic acids is 1. The summed E-state index contributed by atoms with van der Waals surface area (Å²) in [5.74, 6) is -2.27. The molecule has 27 heavy (non-hydrogen) atoms. The number of carbonyl (C=O) groups is 2. The third-order valence-corrected chi connectivity index (χ3v) is 4.35. The second-order valence-corrected chi connectivity index (χ2v) is 6.30. The maximum Gasteiger partial charge on any atom is 0.335 e. The number of aliphatic hydroxyl groups is 6. The number of hydrogen-bond donors (Lipinski definition) is 8. The van der Waals surface area contributed by atoms with Crippen molar-refractivity contribution in [2.24, 2.45) is 0 Å². The SMILES string of the molecule is CC(=O)N[C@H]1C(O)O[C@H](CO)[C@H](O)[C@@H]1O[C@@H]1O[C@@H](C(=O)O)[C@@H](O)[C@H](O)[C@H]1O. The van der Waals surface area contributed by atoms with Crippen molar-refractivity contribution in [2.75, 3.05) is 6.61 Å². The van der Waals surface area contributed by atoms with Crippen LogP contribution in [0.25, 0.3) is 0 Å². The molecule has 1 amide bonds. The van der Waals surface area contributed by atoms with Crippen LogP contribution < -0.4 is 5.32 Å². The minimum Gasteiger partial charge on any atom is -0.479 e. The molecule has 0 aromatic carbocycles. The highest BCUT2D eigenvalue weighted by molar-refractivity contribution is 5.73. The fraction of sp³-hybridized carbons (Fsp3) is 0.857. The molecule has 0 radical (unpaired) electrons. The van der Waals surface area contributed by atoms with E-state index in [1.807, 2.05) is 0 Å². The second-order valence-electron chi connectivity index (χ2n) is 6.30. The molecule has 10 atom stereocenters. The topological polar surface area (TPSA) is 215 Å². The zero-order valence-electron chi connectivity index (χ0n) is 14.2. The third kappa shape index (κ3) is 4.53. The first-order valence-corrected chi connectivity index (χ1v) is 8.06.